The van der Waals surface area contributed by atoms with Crippen LogP contribution in [0.2, 0.25) is 0 Å². The molecule has 0 aromatic heterocycles. The minimum absolute atomic E-state index is 0.470. The van der Waals surface area contributed by atoms with Crippen LogP contribution in [0.1, 0.15) is 34.1 Å². The van der Waals surface area contributed by atoms with Crippen LogP contribution in [0.25, 0.3) is 10.4 Å². The van der Waals surface area contributed by atoms with Crippen molar-refractivity contribution in [1.82, 2.24) is 5.32 Å². The second-order valence-electron chi connectivity index (χ2n) is 6.17. The first-order valence-electron chi connectivity index (χ1n) is 8.65. The van der Waals surface area contributed by atoms with Crippen LogP contribution < -0.4 is 5.32 Å². The third kappa shape index (κ3) is 7.93. The van der Waals surface area contributed by atoms with Gasteiger partial charge in [0.05, 0.1) is 6.42 Å². The van der Waals surface area contributed by atoms with Crippen molar-refractivity contribution in [3.63, 3.8) is 0 Å². The minimum Gasteiger partial charge on any atom is -0.463 e. The molecule has 1 saturated heterocycles. The molecule has 0 bridgehead atoms. The first-order valence-corrected chi connectivity index (χ1v) is 8.65. The molecule has 14 nitrogen and oxygen atoms in total. The maximum atomic E-state index is 12.1. The lowest BCUT2D eigenvalue weighted by atomic mass is 9.98. The standard InChI is InChI=1S/C16H22N4O10/c1-8(21)26-7-13-15(28-10(3)23)12(27-9(2)22)5-16(30-13,29-11(4)24)19-14(25)6-18-20-17/h12-13,15H,5-7H2,1-4H3,(H,19,25)/t12-,13-,15+,16-/m1/s1. The van der Waals surface area contributed by atoms with E-state index >= 15 is 0 Å². The van der Waals surface area contributed by atoms with Crippen LogP contribution in [0.3, 0.4) is 0 Å². The number of amides is 1. The van der Waals surface area contributed by atoms with Crippen LogP contribution in [0.5, 0.6) is 0 Å². The SMILES string of the molecule is CC(=O)OC[C@H]1O[C@](NC(=O)CN=[N+]=[N-])(OC(C)=O)C[C@@H](OC(C)=O)[C@@H]1OC(C)=O. The molecule has 0 radical (unpaired) electrons. The summed E-state index contributed by atoms with van der Waals surface area (Å²) in [7, 11) is 0. The molecule has 0 unspecified atom stereocenters. The van der Waals surface area contributed by atoms with Crippen molar-refractivity contribution in [1.29, 1.82) is 0 Å². The van der Waals surface area contributed by atoms with Gasteiger partial charge in [-0.15, -0.1) is 0 Å². The van der Waals surface area contributed by atoms with Gasteiger partial charge in [-0.25, -0.2) is 0 Å². The average Bonchev–Trinajstić information content (AvgIpc) is 2.59. The lowest BCUT2D eigenvalue weighted by Crippen LogP contribution is -2.66. The van der Waals surface area contributed by atoms with E-state index in [1.165, 1.54) is 0 Å². The maximum Gasteiger partial charge on any atom is 0.306 e. The van der Waals surface area contributed by atoms with E-state index in [9.17, 15) is 24.0 Å². The Balaban J connectivity index is 3.34. The molecule has 1 rings (SSSR count). The highest BCUT2D eigenvalue weighted by molar-refractivity contribution is 5.79. The largest absolute Gasteiger partial charge is 0.463 e. The van der Waals surface area contributed by atoms with E-state index in [0.717, 1.165) is 27.7 Å². The summed E-state index contributed by atoms with van der Waals surface area (Å²) in [6, 6.07) is 0. The number of nitrogens with zero attached hydrogens (tertiary/aromatic N) is 3. The Labute approximate surface area is 170 Å². The molecule has 1 aliphatic heterocycles. The van der Waals surface area contributed by atoms with Crippen molar-refractivity contribution in [2.45, 2.75) is 58.3 Å². The molecule has 166 valence electrons. The van der Waals surface area contributed by atoms with E-state index in [1.54, 1.807) is 0 Å². The van der Waals surface area contributed by atoms with Crippen molar-refractivity contribution in [2.24, 2.45) is 5.11 Å². The van der Waals surface area contributed by atoms with Crippen LogP contribution >= 0.6 is 0 Å². The first kappa shape index (κ1) is 24.7. The van der Waals surface area contributed by atoms with E-state index in [4.69, 9.17) is 29.2 Å². The summed E-state index contributed by atoms with van der Waals surface area (Å²) >= 11 is 0. The topological polar surface area (TPSA) is 192 Å². The summed E-state index contributed by atoms with van der Waals surface area (Å²) in [6.45, 7) is 3.21. The highest BCUT2D eigenvalue weighted by Crippen LogP contribution is 2.33. The Bertz CT molecular complexity index is 750. The molecule has 1 aliphatic rings. The van der Waals surface area contributed by atoms with E-state index in [-0.39, 0.29) is 0 Å². The summed E-state index contributed by atoms with van der Waals surface area (Å²) in [5.74, 6) is -6.15. The molecule has 1 fully saturated rings. The summed E-state index contributed by atoms with van der Waals surface area (Å²) < 4.78 is 26.0. The molecular formula is C16H22N4O10. The number of azide groups is 1. The fourth-order valence-corrected chi connectivity index (χ4v) is 2.73. The van der Waals surface area contributed by atoms with E-state index in [2.05, 4.69) is 15.3 Å². The van der Waals surface area contributed by atoms with Crippen LogP contribution in [0.15, 0.2) is 5.11 Å². The van der Waals surface area contributed by atoms with Gasteiger partial charge in [0.2, 0.25) is 5.91 Å². The number of carbonyl (C=O) groups is 5. The number of hydrogen-bond acceptors (Lipinski definition) is 11. The van der Waals surface area contributed by atoms with Crippen molar-refractivity contribution in [2.75, 3.05) is 13.2 Å². The molecule has 14 heteroatoms. The van der Waals surface area contributed by atoms with E-state index in [0.29, 0.717) is 0 Å². The molecule has 0 saturated carbocycles. The molecule has 0 aromatic rings. The Morgan fingerprint density at radius 3 is 2.20 bits per heavy atom. The quantitative estimate of drug-likeness (QED) is 0.135. The third-order valence-corrected chi connectivity index (χ3v) is 3.53. The minimum atomic E-state index is -2.19. The Morgan fingerprint density at radius 2 is 1.70 bits per heavy atom. The van der Waals surface area contributed by atoms with Gasteiger partial charge < -0.3 is 23.7 Å². The summed E-state index contributed by atoms with van der Waals surface area (Å²) in [5, 5.41) is 5.35. The molecule has 1 amide bonds. The highest BCUT2D eigenvalue weighted by Gasteiger charge is 2.54. The smallest absolute Gasteiger partial charge is 0.306 e. The molecule has 1 N–H and O–H groups in total. The van der Waals surface area contributed by atoms with Crippen LogP contribution in [0.4, 0.5) is 0 Å². The molecule has 1 heterocycles. The average molecular weight is 430 g/mol. The summed E-state index contributed by atoms with van der Waals surface area (Å²) in [5.41, 5.74) is 8.36. The number of ether oxygens (including phenoxy) is 5. The molecular weight excluding hydrogens is 408 g/mol. The fraction of sp³-hybridized carbons (Fsp3) is 0.688. The van der Waals surface area contributed by atoms with E-state index in [1.807, 2.05) is 0 Å². The van der Waals surface area contributed by atoms with Gasteiger partial charge in [0, 0.05) is 32.6 Å². The van der Waals surface area contributed by atoms with Gasteiger partial charge in [-0.05, 0) is 5.53 Å². The monoisotopic (exact) mass is 430 g/mol. The maximum absolute atomic E-state index is 12.1. The van der Waals surface area contributed by atoms with Crippen LogP contribution in [-0.4, -0.2) is 67.2 Å². The normalized spacial score (nSPS) is 25.1. The predicted octanol–water partition coefficient (Wildman–Crippen LogP) is -0.155. The molecule has 0 aliphatic carbocycles. The van der Waals surface area contributed by atoms with Crippen LogP contribution in [-0.2, 0) is 47.7 Å². The van der Waals surface area contributed by atoms with Gasteiger partial charge >= 0.3 is 29.8 Å². The number of esters is 4. The van der Waals surface area contributed by atoms with Gasteiger partial charge in [0.15, 0.2) is 6.10 Å². The number of rotatable bonds is 8. The number of nitrogens with one attached hydrogen (secondary N) is 1. The van der Waals surface area contributed by atoms with Crippen molar-refractivity contribution < 1.29 is 47.7 Å². The van der Waals surface area contributed by atoms with Gasteiger partial charge in [-0.3, -0.25) is 29.3 Å². The fourth-order valence-electron chi connectivity index (χ4n) is 2.73. The van der Waals surface area contributed by atoms with Crippen molar-refractivity contribution in [3.05, 3.63) is 10.4 Å². The Morgan fingerprint density at radius 1 is 1.07 bits per heavy atom. The Hall–Kier alpha value is -3.38. The lowest BCUT2D eigenvalue weighted by Gasteiger charge is -2.45. The second-order valence-corrected chi connectivity index (χ2v) is 6.17. The molecule has 4 atom stereocenters. The molecule has 0 aromatic carbocycles. The first-order chi connectivity index (χ1) is 14.0. The summed E-state index contributed by atoms with van der Waals surface area (Å²) in [4.78, 5) is 60.5. The van der Waals surface area contributed by atoms with Crippen LogP contribution in [0, 0.1) is 0 Å². The van der Waals surface area contributed by atoms with Gasteiger partial charge in [0.1, 0.15) is 25.4 Å². The zero-order valence-corrected chi connectivity index (χ0v) is 16.8. The number of hydrogen-bond donors (Lipinski definition) is 1. The third-order valence-electron chi connectivity index (χ3n) is 3.53. The highest BCUT2D eigenvalue weighted by atomic mass is 16.8. The number of carbonyl (C=O) groups excluding carboxylic acids is 5. The lowest BCUT2D eigenvalue weighted by molar-refractivity contribution is -0.322. The molecule has 0 spiro atoms. The zero-order valence-electron chi connectivity index (χ0n) is 16.8. The van der Waals surface area contributed by atoms with Gasteiger partial charge in [-0.2, -0.15) is 0 Å². The second kappa shape index (κ2) is 11.0. The van der Waals surface area contributed by atoms with Gasteiger partial charge in [0.25, 0.3) is 0 Å². The van der Waals surface area contributed by atoms with Crippen molar-refractivity contribution >= 4 is 29.8 Å². The Kier molecular flexibility index (Phi) is 9.02. The predicted molar refractivity (Wildman–Crippen MR) is 93.9 cm³/mol. The van der Waals surface area contributed by atoms with E-state index < -0.39 is 73.6 Å². The zero-order chi connectivity index (χ0) is 22.9. The summed E-state index contributed by atoms with van der Waals surface area (Å²) in [6.07, 6.45) is -4.26. The van der Waals surface area contributed by atoms with Crippen molar-refractivity contribution in [3.8, 4) is 0 Å². The molecule has 30 heavy (non-hydrogen) atoms. The van der Waals surface area contributed by atoms with Gasteiger partial charge in [-0.1, -0.05) is 5.11 Å².